The third kappa shape index (κ3) is 4.23. The zero-order valence-electron chi connectivity index (χ0n) is 15.8. The fourth-order valence-corrected chi connectivity index (χ4v) is 4.01. The van der Waals surface area contributed by atoms with Crippen molar-refractivity contribution in [1.82, 2.24) is 0 Å². The number of hydrogen-bond donors (Lipinski definition) is 1. The largest absolute Gasteiger partial charge is 0.322 e. The van der Waals surface area contributed by atoms with Crippen molar-refractivity contribution in [3.05, 3.63) is 90.0 Å². The summed E-state index contributed by atoms with van der Waals surface area (Å²) in [6, 6.07) is 22.4. The van der Waals surface area contributed by atoms with E-state index in [2.05, 4.69) is 5.32 Å². The molecule has 0 saturated carbocycles. The minimum absolute atomic E-state index is 0.109. The van der Waals surface area contributed by atoms with Crippen LogP contribution in [0, 0.1) is 0 Å². The number of benzene rings is 3. The molecular formula is C22H22N2O3S. The molecule has 3 aromatic rings. The summed E-state index contributed by atoms with van der Waals surface area (Å²) in [6.07, 6.45) is 0.900. The highest BCUT2D eigenvalue weighted by atomic mass is 32.2. The van der Waals surface area contributed by atoms with Crippen LogP contribution in [-0.2, 0) is 16.4 Å². The number of nitrogens with one attached hydrogen (secondary N) is 1. The summed E-state index contributed by atoms with van der Waals surface area (Å²) in [7, 11) is -2.24. The average molecular weight is 394 g/mol. The van der Waals surface area contributed by atoms with Gasteiger partial charge < -0.3 is 5.32 Å². The van der Waals surface area contributed by atoms with Gasteiger partial charge in [0.15, 0.2) is 0 Å². The van der Waals surface area contributed by atoms with E-state index in [-0.39, 0.29) is 10.8 Å². The molecule has 28 heavy (non-hydrogen) atoms. The van der Waals surface area contributed by atoms with Gasteiger partial charge in [-0.05, 0) is 54.4 Å². The zero-order chi connectivity index (χ0) is 20.1. The number of amides is 1. The second kappa shape index (κ2) is 8.27. The van der Waals surface area contributed by atoms with Crippen molar-refractivity contribution in [2.45, 2.75) is 18.2 Å². The number of rotatable bonds is 6. The second-order valence-electron chi connectivity index (χ2n) is 6.34. The maximum Gasteiger partial charge on any atom is 0.264 e. The number of anilines is 2. The third-order valence-corrected chi connectivity index (χ3v) is 6.28. The minimum atomic E-state index is -3.74. The Kier molecular flexibility index (Phi) is 5.80. The molecule has 0 bridgehead atoms. The molecule has 0 aliphatic carbocycles. The van der Waals surface area contributed by atoms with Crippen LogP contribution in [0.25, 0.3) is 0 Å². The SMILES string of the molecule is CCc1ccc(C(=O)Nc2cccc(S(=O)(=O)N(C)c3ccccc3)c2)cc1. The molecule has 0 saturated heterocycles. The molecular weight excluding hydrogens is 372 g/mol. The fraction of sp³-hybridized carbons (Fsp3) is 0.136. The maximum absolute atomic E-state index is 12.9. The second-order valence-corrected chi connectivity index (χ2v) is 8.31. The minimum Gasteiger partial charge on any atom is -0.322 e. The lowest BCUT2D eigenvalue weighted by Crippen LogP contribution is -2.26. The standard InChI is InChI=1S/C22H22N2O3S/c1-3-17-12-14-18(15-13-17)22(25)23-19-8-7-11-21(16-19)28(26,27)24(2)20-9-5-4-6-10-20/h4-16H,3H2,1-2H3,(H,23,25). The van der Waals surface area contributed by atoms with Gasteiger partial charge in [-0.2, -0.15) is 0 Å². The van der Waals surface area contributed by atoms with Gasteiger partial charge in [-0.25, -0.2) is 8.42 Å². The molecule has 1 N–H and O–H groups in total. The summed E-state index contributed by atoms with van der Waals surface area (Å²) in [6.45, 7) is 2.05. The molecule has 0 heterocycles. The van der Waals surface area contributed by atoms with E-state index in [0.717, 1.165) is 12.0 Å². The molecule has 1 amide bonds. The predicted molar refractivity (Wildman–Crippen MR) is 112 cm³/mol. The van der Waals surface area contributed by atoms with Gasteiger partial charge in [0.2, 0.25) is 0 Å². The number of carbonyl (C=O) groups is 1. The smallest absolute Gasteiger partial charge is 0.264 e. The van der Waals surface area contributed by atoms with E-state index in [1.54, 1.807) is 48.5 Å². The third-order valence-electron chi connectivity index (χ3n) is 4.49. The molecule has 3 aromatic carbocycles. The van der Waals surface area contributed by atoms with Crippen LogP contribution in [0.5, 0.6) is 0 Å². The van der Waals surface area contributed by atoms with Crippen LogP contribution in [-0.4, -0.2) is 21.4 Å². The molecule has 0 fully saturated rings. The average Bonchev–Trinajstić information content (AvgIpc) is 2.74. The van der Waals surface area contributed by atoms with E-state index in [4.69, 9.17) is 0 Å². The monoisotopic (exact) mass is 394 g/mol. The molecule has 0 spiro atoms. The number of para-hydroxylation sites is 1. The van der Waals surface area contributed by atoms with Gasteiger partial charge in [-0.15, -0.1) is 0 Å². The Balaban J connectivity index is 1.82. The predicted octanol–water partition coefficient (Wildman–Crippen LogP) is 4.33. The Morgan fingerprint density at radius 1 is 0.929 bits per heavy atom. The van der Waals surface area contributed by atoms with E-state index >= 15 is 0 Å². The summed E-state index contributed by atoms with van der Waals surface area (Å²) < 4.78 is 27.1. The van der Waals surface area contributed by atoms with Gasteiger partial charge in [0.25, 0.3) is 15.9 Å². The van der Waals surface area contributed by atoms with Crippen LogP contribution in [0.1, 0.15) is 22.8 Å². The van der Waals surface area contributed by atoms with E-state index in [1.165, 1.54) is 23.5 Å². The van der Waals surface area contributed by atoms with Crippen molar-refractivity contribution in [3.63, 3.8) is 0 Å². The molecule has 144 valence electrons. The fourth-order valence-electron chi connectivity index (χ4n) is 2.76. The van der Waals surface area contributed by atoms with Crippen LogP contribution in [0.3, 0.4) is 0 Å². The molecule has 5 nitrogen and oxygen atoms in total. The van der Waals surface area contributed by atoms with Gasteiger partial charge >= 0.3 is 0 Å². The van der Waals surface area contributed by atoms with E-state index < -0.39 is 10.0 Å². The van der Waals surface area contributed by atoms with Gasteiger partial charge in [-0.1, -0.05) is 43.3 Å². The van der Waals surface area contributed by atoms with Crippen LogP contribution < -0.4 is 9.62 Å². The van der Waals surface area contributed by atoms with Crippen molar-refractivity contribution in [1.29, 1.82) is 0 Å². The summed E-state index contributed by atoms with van der Waals surface area (Å²) in [4.78, 5) is 12.6. The summed E-state index contributed by atoms with van der Waals surface area (Å²) in [5.74, 6) is -0.284. The quantitative estimate of drug-likeness (QED) is 0.677. The Morgan fingerprint density at radius 2 is 1.61 bits per heavy atom. The number of aryl methyl sites for hydroxylation is 1. The first-order chi connectivity index (χ1) is 13.4. The Hall–Kier alpha value is -3.12. The lowest BCUT2D eigenvalue weighted by molar-refractivity contribution is 0.102. The molecule has 0 radical (unpaired) electrons. The van der Waals surface area contributed by atoms with Crippen molar-refractivity contribution >= 4 is 27.3 Å². The number of hydrogen-bond acceptors (Lipinski definition) is 3. The van der Waals surface area contributed by atoms with Crippen LogP contribution in [0.15, 0.2) is 83.8 Å². The highest BCUT2D eigenvalue weighted by molar-refractivity contribution is 7.92. The number of carbonyl (C=O) groups excluding carboxylic acids is 1. The Morgan fingerprint density at radius 3 is 2.25 bits per heavy atom. The molecule has 6 heteroatoms. The Bertz CT molecular complexity index is 1060. The van der Waals surface area contributed by atoms with Crippen LogP contribution in [0.2, 0.25) is 0 Å². The molecule has 0 aliphatic heterocycles. The van der Waals surface area contributed by atoms with Crippen molar-refractivity contribution in [3.8, 4) is 0 Å². The first-order valence-electron chi connectivity index (χ1n) is 8.96. The Labute approximate surface area is 165 Å². The molecule has 0 atom stereocenters. The van der Waals surface area contributed by atoms with Crippen LogP contribution >= 0.6 is 0 Å². The first-order valence-corrected chi connectivity index (χ1v) is 10.4. The summed E-state index contributed by atoms with van der Waals surface area (Å²) in [5, 5.41) is 2.76. The summed E-state index contributed by atoms with van der Waals surface area (Å²) in [5.41, 5.74) is 2.65. The lowest BCUT2D eigenvalue weighted by atomic mass is 10.1. The van der Waals surface area contributed by atoms with Crippen LogP contribution in [0.4, 0.5) is 11.4 Å². The summed E-state index contributed by atoms with van der Waals surface area (Å²) >= 11 is 0. The topological polar surface area (TPSA) is 66.5 Å². The van der Waals surface area contributed by atoms with Gasteiger partial charge in [0.05, 0.1) is 10.6 Å². The first kappa shape index (κ1) is 19.6. The highest BCUT2D eigenvalue weighted by Crippen LogP contribution is 2.24. The van der Waals surface area contributed by atoms with Gasteiger partial charge in [0, 0.05) is 18.3 Å². The van der Waals surface area contributed by atoms with Gasteiger partial charge in [0.1, 0.15) is 0 Å². The van der Waals surface area contributed by atoms with E-state index in [9.17, 15) is 13.2 Å². The zero-order valence-corrected chi connectivity index (χ0v) is 16.6. The maximum atomic E-state index is 12.9. The lowest BCUT2D eigenvalue weighted by Gasteiger charge is -2.19. The highest BCUT2D eigenvalue weighted by Gasteiger charge is 2.21. The van der Waals surface area contributed by atoms with E-state index in [0.29, 0.717) is 16.9 Å². The molecule has 0 aliphatic rings. The van der Waals surface area contributed by atoms with Crippen molar-refractivity contribution < 1.29 is 13.2 Å². The van der Waals surface area contributed by atoms with Gasteiger partial charge in [-0.3, -0.25) is 9.10 Å². The molecule has 3 rings (SSSR count). The van der Waals surface area contributed by atoms with Crippen molar-refractivity contribution in [2.24, 2.45) is 0 Å². The number of sulfonamides is 1. The van der Waals surface area contributed by atoms with Crippen molar-refractivity contribution in [2.75, 3.05) is 16.7 Å². The molecule has 0 aromatic heterocycles. The molecule has 0 unspecified atom stereocenters. The normalized spacial score (nSPS) is 11.1. The van der Waals surface area contributed by atoms with E-state index in [1.807, 2.05) is 25.1 Å². The number of nitrogens with zero attached hydrogens (tertiary/aromatic N) is 1.